The maximum absolute atomic E-state index is 10.7. The number of nitrogens with zero attached hydrogens (tertiary/aromatic N) is 3. The largest absolute Gasteiger partial charge is 0.388 e. The molecule has 0 radical (unpaired) electrons. The summed E-state index contributed by atoms with van der Waals surface area (Å²) in [5.74, 6) is 1.37. The fourth-order valence-corrected chi connectivity index (χ4v) is 3.02. The highest BCUT2D eigenvalue weighted by atomic mass is 16.5. The highest BCUT2D eigenvalue weighted by Gasteiger charge is 2.29. The van der Waals surface area contributed by atoms with Crippen LogP contribution in [0.4, 0.5) is 5.82 Å². The molecule has 25 heavy (non-hydrogen) atoms. The second-order valence-electron chi connectivity index (χ2n) is 6.34. The molecule has 0 aliphatic carbocycles. The fourth-order valence-electron chi connectivity index (χ4n) is 3.02. The number of fused-ring (bicyclic) bond motifs is 1. The van der Waals surface area contributed by atoms with Crippen molar-refractivity contribution in [2.45, 2.75) is 18.4 Å². The molecule has 0 spiro atoms. The SMILES string of the molecule is OC1(CNc2nc(-c3ccncc3)nc3ccccc23)CCOCC1. The van der Waals surface area contributed by atoms with Crippen molar-refractivity contribution in [1.29, 1.82) is 0 Å². The van der Waals surface area contributed by atoms with Gasteiger partial charge in [-0.3, -0.25) is 4.98 Å². The molecular weight excluding hydrogens is 316 g/mol. The Morgan fingerprint density at radius 2 is 1.80 bits per heavy atom. The van der Waals surface area contributed by atoms with E-state index in [1.165, 1.54) is 0 Å². The second kappa shape index (κ2) is 6.74. The molecule has 6 heteroatoms. The summed E-state index contributed by atoms with van der Waals surface area (Å²) < 4.78 is 5.34. The standard InChI is InChI=1S/C19H20N4O2/c24-19(7-11-25-12-8-19)13-21-18-15-3-1-2-4-16(15)22-17(23-18)14-5-9-20-10-6-14/h1-6,9-10,24H,7-8,11-13H2,(H,21,22,23). The van der Waals surface area contributed by atoms with Crippen LogP contribution in [-0.4, -0.2) is 45.4 Å². The number of rotatable bonds is 4. The van der Waals surface area contributed by atoms with Gasteiger partial charge in [-0.05, 0) is 24.3 Å². The normalized spacial score (nSPS) is 16.7. The Balaban J connectivity index is 1.69. The summed E-state index contributed by atoms with van der Waals surface area (Å²) in [6, 6.07) is 11.7. The average Bonchev–Trinajstić information content (AvgIpc) is 2.67. The smallest absolute Gasteiger partial charge is 0.162 e. The predicted octanol–water partition coefficient (Wildman–Crippen LogP) is 2.65. The van der Waals surface area contributed by atoms with Crippen LogP contribution in [0.25, 0.3) is 22.3 Å². The molecule has 4 rings (SSSR count). The van der Waals surface area contributed by atoms with Gasteiger partial charge in [-0.15, -0.1) is 0 Å². The minimum Gasteiger partial charge on any atom is -0.388 e. The molecule has 2 N–H and O–H groups in total. The number of hydrogen-bond acceptors (Lipinski definition) is 6. The van der Waals surface area contributed by atoms with Gasteiger partial charge in [0.1, 0.15) is 5.82 Å². The first-order valence-corrected chi connectivity index (χ1v) is 8.45. The lowest BCUT2D eigenvalue weighted by Gasteiger charge is -2.32. The highest BCUT2D eigenvalue weighted by Crippen LogP contribution is 2.26. The minimum absolute atomic E-state index is 0.438. The first kappa shape index (κ1) is 15.9. The second-order valence-corrected chi connectivity index (χ2v) is 6.34. The van der Waals surface area contributed by atoms with E-state index in [-0.39, 0.29) is 0 Å². The molecule has 128 valence electrons. The van der Waals surface area contributed by atoms with Crippen LogP contribution >= 0.6 is 0 Å². The lowest BCUT2D eigenvalue weighted by Crippen LogP contribution is -2.42. The Morgan fingerprint density at radius 3 is 2.60 bits per heavy atom. The average molecular weight is 336 g/mol. The van der Waals surface area contributed by atoms with E-state index in [0.29, 0.717) is 38.4 Å². The Labute approximate surface area is 145 Å². The topological polar surface area (TPSA) is 80.2 Å². The molecule has 0 amide bonds. The Bertz CT molecular complexity index is 864. The van der Waals surface area contributed by atoms with Gasteiger partial charge in [0, 0.05) is 55.9 Å². The summed E-state index contributed by atoms with van der Waals surface area (Å²) in [5, 5.41) is 15.0. The van der Waals surface area contributed by atoms with Crippen LogP contribution in [0.1, 0.15) is 12.8 Å². The lowest BCUT2D eigenvalue weighted by atomic mass is 9.94. The summed E-state index contributed by atoms with van der Waals surface area (Å²) in [6.45, 7) is 1.61. The Morgan fingerprint density at radius 1 is 1.04 bits per heavy atom. The zero-order chi connectivity index (χ0) is 17.1. The number of ether oxygens (including phenoxy) is 1. The third-order valence-electron chi connectivity index (χ3n) is 4.55. The zero-order valence-corrected chi connectivity index (χ0v) is 13.9. The van der Waals surface area contributed by atoms with Crippen LogP contribution in [0.15, 0.2) is 48.8 Å². The van der Waals surface area contributed by atoms with Crippen LogP contribution < -0.4 is 5.32 Å². The number of aliphatic hydroxyl groups is 1. The number of benzene rings is 1. The maximum atomic E-state index is 10.7. The molecule has 1 aliphatic rings. The van der Waals surface area contributed by atoms with Crippen LogP contribution in [0.3, 0.4) is 0 Å². The summed E-state index contributed by atoms with van der Waals surface area (Å²) >= 11 is 0. The quantitative estimate of drug-likeness (QED) is 0.762. The summed E-state index contributed by atoms with van der Waals surface area (Å²) in [7, 11) is 0. The Kier molecular flexibility index (Phi) is 4.29. The van der Waals surface area contributed by atoms with E-state index in [1.807, 2.05) is 36.4 Å². The molecule has 1 fully saturated rings. The molecule has 0 unspecified atom stereocenters. The number of nitrogens with one attached hydrogen (secondary N) is 1. The zero-order valence-electron chi connectivity index (χ0n) is 13.9. The van der Waals surface area contributed by atoms with E-state index in [1.54, 1.807) is 12.4 Å². The van der Waals surface area contributed by atoms with Crippen molar-refractivity contribution in [1.82, 2.24) is 15.0 Å². The van der Waals surface area contributed by atoms with Gasteiger partial charge in [0.15, 0.2) is 5.82 Å². The molecular formula is C19H20N4O2. The molecule has 6 nitrogen and oxygen atoms in total. The van der Waals surface area contributed by atoms with Gasteiger partial charge in [-0.25, -0.2) is 9.97 Å². The number of hydrogen-bond donors (Lipinski definition) is 2. The lowest BCUT2D eigenvalue weighted by molar-refractivity contribution is -0.0543. The van der Waals surface area contributed by atoms with Crippen molar-refractivity contribution in [2.75, 3.05) is 25.1 Å². The number of anilines is 1. The maximum Gasteiger partial charge on any atom is 0.162 e. The summed E-state index contributed by atoms with van der Waals surface area (Å²) in [4.78, 5) is 13.4. The van der Waals surface area contributed by atoms with Crippen molar-refractivity contribution in [3.8, 4) is 11.4 Å². The van der Waals surface area contributed by atoms with Crippen molar-refractivity contribution < 1.29 is 9.84 Å². The van der Waals surface area contributed by atoms with Crippen molar-refractivity contribution in [3.63, 3.8) is 0 Å². The molecule has 0 bridgehead atoms. The van der Waals surface area contributed by atoms with Crippen LogP contribution in [-0.2, 0) is 4.74 Å². The van der Waals surface area contributed by atoms with Crippen molar-refractivity contribution in [2.24, 2.45) is 0 Å². The van der Waals surface area contributed by atoms with Crippen LogP contribution in [0.5, 0.6) is 0 Å². The molecule has 1 saturated heterocycles. The monoisotopic (exact) mass is 336 g/mol. The van der Waals surface area contributed by atoms with Crippen molar-refractivity contribution in [3.05, 3.63) is 48.8 Å². The third kappa shape index (κ3) is 3.45. The molecule has 3 aromatic rings. The minimum atomic E-state index is -0.763. The van der Waals surface area contributed by atoms with Gasteiger partial charge < -0.3 is 15.2 Å². The van der Waals surface area contributed by atoms with Gasteiger partial charge in [-0.2, -0.15) is 0 Å². The molecule has 0 atom stereocenters. The number of aromatic nitrogens is 3. The van der Waals surface area contributed by atoms with E-state index in [9.17, 15) is 5.11 Å². The summed E-state index contributed by atoms with van der Waals surface area (Å²) in [6.07, 6.45) is 4.71. The molecule has 1 aromatic carbocycles. The fraction of sp³-hybridized carbons (Fsp3) is 0.316. The van der Waals surface area contributed by atoms with Gasteiger partial charge in [-0.1, -0.05) is 12.1 Å². The van der Waals surface area contributed by atoms with Gasteiger partial charge in [0.2, 0.25) is 0 Å². The first-order chi connectivity index (χ1) is 12.2. The van der Waals surface area contributed by atoms with Crippen molar-refractivity contribution >= 4 is 16.7 Å². The molecule has 0 saturated carbocycles. The molecule has 3 heterocycles. The van der Waals surface area contributed by atoms with Crippen LogP contribution in [0.2, 0.25) is 0 Å². The third-order valence-corrected chi connectivity index (χ3v) is 4.55. The predicted molar refractivity (Wildman–Crippen MR) is 96.3 cm³/mol. The van der Waals surface area contributed by atoms with Gasteiger partial charge >= 0.3 is 0 Å². The first-order valence-electron chi connectivity index (χ1n) is 8.45. The highest BCUT2D eigenvalue weighted by molar-refractivity contribution is 5.90. The summed E-state index contributed by atoms with van der Waals surface area (Å²) in [5.41, 5.74) is 1.01. The number of pyridine rings is 1. The molecule has 1 aliphatic heterocycles. The van der Waals surface area contributed by atoms with E-state index in [4.69, 9.17) is 9.72 Å². The Hall–Kier alpha value is -2.57. The van der Waals surface area contributed by atoms with E-state index >= 15 is 0 Å². The molecule has 2 aromatic heterocycles. The van der Waals surface area contributed by atoms with Gasteiger partial charge in [0.25, 0.3) is 0 Å². The number of para-hydroxylation sites is 1. The van der Waals surface area contributed by atoms with E-state index in [2.05, 4.69) is 15.3 Å². The van der Waals surface area contributed by atoms with E-state index < -0.39 is 5.60 Å². The van der Waals surface area contributed by atoms with E-state index in [0.717, 1.165) is 22.3 Å². The van der Waals surface area contributed by atoms with Gasteiger partial charge in [0.05, 0.1) is 11.1 Å². The van der Waals surface area contributed by atoms with Crippen LogP contribution in [0, 0.1) is 0 Å².